The Balaban J connectivity index is 0.00000261. The van der Waals surface area contributed by atoms with Crippen LogP contribution in [0.2, 0.25) is 0 Å². The van der Waals surface area contributed by atoms with Gasteiger partial charge in [0.05, 0.1) is 20.8 Å². The number of nitrogens with zero attached hydrogens (tertiary/aromatic N) is 1. The van der Waals surface area contributed by atoms with E-state index >= 15 is 0 Å². The maximum atomic E-state index is 5.94. The second kappa shape index (κ2) is 10.1. The highest BCUT2D eigenvalue weighted by Crippen LogP contribution is 2.27. The Morgan fingerprint density at radius 1 is 1.07 bits per heavy atom. The van der Waals surface area contributed by atoms with Gasteiger partial charge in [-0.25, -0.2) is 4.99 Å². The summed E-state index contributed by atoms with van der Waals surface area (Å²) in [4.78, 5) is 4.36. The van der Waals surface area contributed by atoms with E-state index in [1.54, 1.807) is 14.2 Å². The van der Waals surface area contributed by atoms with Crippen molar-refractivity contribution in [2.45, 2.75) is 13.0 Å². The first-order valence-electron chi connectivity index (χ1n) is 8.41. The monoisotopic (exact) mass is 481 g/mol. The van der Waals surface area contributed by atoms with E-state index in [-0.39, 0.29) is 24.0 Å². The smallest absolute Gasteiger partial charge is 0.188 e. The maximum Gasteiger partial charge on any atom is 0.188 e. The first kappa shape index (κ1) is 20.9. The lowest BCUT2D eigenvalue weighted by atomic mass is 10.2. The van der Waals surface area contributed by atoms with Crippen molar-refractivity contribution in [3.8, 4) is 11.5 Å². The number of aliphatic imine (C=N–C) groups is 1. The van der Waals surface area contributed by atoms with Gasteiger partial charge in [0.15, 0.2) is 17.5 Å². The van der Waals surface area contributed by atoms with E-state index in [1.165, 1.54) is 0 Å². The van der Waals surface area contributed by atoms with E-state index in [2.05, 4.69) is 10.3 Å². The molecule has 0 spiro atoms. The molecule has 1 heterocycles. The van der Waals surface area contributed by atoms with Crippen LogP contribution in [-0.2, 0) is 13.0 Å². The zero-order chi connectivity index (χ0) is 18.4. The number of ether oxygens (including phenoxy) is 2. The van der Waals surface area contributed by atoms with Crippen LogP contribution in [0.3, 0.4) is 0 Å². The highest BCUT2D eigenvalue weighted by Gasteiger charge is 2.05. The number of nitrogens with one attached hydrogen (secondary N) is 1. The Labute approximate surface area is 175 Å². The Hall–Kier alpha value is -2.42. The molecule has 0 radical (unpaired) electrons. The Kier molecular flexibility index (Phi) is 7.78. The Morgan fingerprint density at radius 3 is 2.59 bits per heavy atom. The van der Waals surface area contributed by atoms with Crippen molar-refractivity contribution in [2.75, 3.05) is 20.8 Å². The summed E-state index contributed by atoms with van der Waals surface area (Å²) in [5.74, 6) is 2.69. The summed E-state index contributed by atoms with van der Waals surface area (Å²) in [6.07, 6.45) is 0.737. The number of rotatable bonds is 7. The van der Waals surface area contributed by atoms with E-state index in [4.69, 9.17) is 19.6 Å². The molecule has 3 N–H and O–H groups in total. The summed E-state index contributed by atoms with van der Waals surface area (Å²) < 4.78 is 16.3. The predicted molar refractivity (Wildman–Crippen MR) is 118 cm³/mol. The molecular weight excluding hydrogens is 457 g/mol. The second-order valence-electron chi connectivity index (χ2n) is 5.82. The van der Waals surface area contributed by atoms with Crippen LogP contribution in [0, 0.1) is 0 Å². The second-order valence-corrected chi connectivity index (χ2v) is 5.82. The molecule has 144 valence electrons. The first-order valence-corrected chi connectivity index (χ1v) is 8.41. The lowest BCUT2D eigenvalue weighted by Crippen LogP contribution is -2.33. The number of nitrogens with two attached hydrogens (primary N) is 1. The molecule has 7 heteroatoms. The first-order chi connectivity index (χ1) is 12.7. The number of fused-ring (bicyclic) bond motifs is 1. The summed E-state index contributed by atoms with van der Waals surface area (Å²) in [5, 5.41) is 4.22. The molecule has 3 rings (SSSR count). The number of methoxy groups -OCH3 is 2. The fraction of sp³-hybridized carbons (Fsp3) is 0.250. The molecule has 0 fully saturated rings. The van der Waals surface area contributed by atoms with E-state index in [1.807, 2.05) is 48.5 Å². The van der Waals surface area contributed by atoms with Gasteiger partial charge in [0.1, 0.15) is 11.3 Å². The molecule has 0 saturated heterocycles. The van der Waals surface area contributed by atoms with E-state index in [9.17, 15) is 0 Å². The van der Waals surface area contributed by atoms with E-state index in [0.717, 1.165) is 28.7 Å². The summed E-state index contributed by atoms with van der Waals surface area (Å²) in [7, 11) is 3.22. The van der Waals surface area contributed by atoms with Crippen LogP contribution >= 0.6 is 24.0 Å². The van der Waals surface area contributed by atoms with Crippen LogP contribution < -0.4 is 20.5 Å². The molecule has 0 atom stereocenters. The fourth-order valence-electron chi connectivity index (χ4n) is 2.69. The molecule has 0 unspecified atom stereocenters. The molecule has 0 aliphatic rings. The quantitative estimate of drug-likeness (QED) is 0.306. The van der Waals surface area contributed by atoms with Gasteiger partial charge >= 0.3 is 0 Å². The van der Waals surface area contributed by atoms with Crippen LogP contribution in [0.1, 0.15) is 11.3 Å². The zero-order valence-electron chi connectivity index (χ0n) is 15.4. The van der Waals surface area contributed by atoms with Gasteiger partial charge in [-0.2, -0.15) is 0 Å². The highest BCUT2D eigenvalue weighted by molar-refractivity contribution is 14.0. The molecule has 27 heavy (non-hydrogen) atoms. The van der Waals surface area contributed by atoms with Gasteiger partial charge in [-0.3, -0.25) is 0 Å². The van der Waals surface area contributed by atoms with Crippen molar-refractivity contribution in [3.05, 3.63) is 59.9 Å². The molecule has 0 aliphatic heterocycles. The molecule has 0 bridgehead atoms. The number of para-hydroxylation sites is 1. The summed E-state index contributed by atoms with van der Waals surface area (Å²) in [6, 6.07) is 15.7. The molecule has 1 aromatic heterocycles. The summed E-state index contributed by atoms with van der Waals surface area (Å²) in [6.45, 7) is 1.12. The van der Waals surface area contributed by atoms with Crippen LogP contribution in [0.15, 0.2) is 57.9 Å². The lowest BCUT2D eigenvalue weighted by Gasteiger charge is -2.09. The van der Waals surface area contributed by atoms with Crippen molar-refractivity contribution in [1.29, 1.82) is 0 Å². The van der Waals surface area contributed by atoms with Crippen molar-refractivity contribution >= 4 is 40.9 Å². The van der Waals surface area contributed by atoms with Crippen LogP contribution in [0.4, 0.5) is 0 Å². The molecule has 6 nitrogen and oxygen atoms in total. The van der Waals surface area contributed by atoms with Gasteiger partial charge in [0.2, 0.25) is 0 Å². The van der Waals surface area contributed by atoms with Crippen LogP contribution in [-0.4, -0.2) is 26.7 Å². The third kappa shape index (κ3) is 5.53. The number of guanidine groups is 1. The average molecular weight is 481 g/mol. The largest absolute Gasteiger partial charge is 0.493 e. The summed E-state index contributed by atoms with van der Waals surface area (Å²) >= 11 is 0. The topological polar surface area (TPSA) is 82.0 Å². The predicted octanol–water partition coefficient (Wildman–Crippen LogP) is 3.72. The van der Waals surface area contributed by atoms with Crippen LogP contribution in [0.25, 0.3) is 11.0 Å². The maximum absolute atomic E-state index is 5.94. The number of furan rings is 1. The SMILES string of the molecule is COc1ccc(CN=C(N)NCCc2cc3ccccc3o2)cc1OC.I. The number of halogens is 1. The van der Waals surface area contributed by atoms with Gasteiger partial charge in [-0.15, -0.1) is 24.0 Å². The van der Waals surface area contributed by atoms with Crippen molar-refractivity contribution in [2.24, 2.45) is 10.7 Å². The van der Waals surface area contributed by atoms with E-state index in [0.29, 0.717) is 30.5 Å². The summed E-state index contributed by atoms with van der Waals surface area (Å²) in [5.41, 5.74) is 7.83. The van der Waals surface area contributed by atoms with Crippen molar-refractivity contribution in [3.63, 3.8) is 0 Å². The van der Waals surface area contributed by atoms with Crippen molar-refractivity contribution in [1.82, 2.24) is 5.32 Å². The minimum Gasteiger partial charge on any atom is -0.493 e. The Morgan fingerprint density at radius 2 is 1.85 bits per heavy atom. The molecule has 2 aromatic carbocycles. The van der Waals surface area contributed by atoms with Gasteiger partial charge in [0.25, 0.3) is 0 Å². The third-order valence-electron chi connectivity index (χ3n) is 4.03. The van der Waals surface area contributed by atoms with Gasteiger partial charge < -0.3 is 24.9 Å². The minimum absolute atomic E-state index is 0. The van der Waals surface area contributed by atoms with E-state index < -0.39 is 0 Å². The minimum atomic E-state index is 0. The zero-order valence-corrected chi connectivity index (χ0v) is 17.7. The van der Waals surface area contributed by atoms with Crippen molar-refractivity contribution < 1.29 is 13.9 Å². The lowest BCUT2D eigenvalue weighted by molar-refractivity contribution is 0.354. The van der Waals surface area contributed by atoms with Gasteiger partial charge in [-0.1, -0.05) is 24.3 Å². The third-order valence-corrected chi connectivity index (χ3v) is 4.03. The standard InChI is InChI=1S/C20H23N3O3.HI/c1-24-18-8-7-14(11-19(18)25-2)13-23-20(21)22-10-9-16-12-15-5-3-4-6-17(15)26-16;/h3-8,11-12H,9-10,13H2,1-2H3,(H3,21,22,23);1H. The molecular formula is C20H24IN3O3. The average Bonchev–Trinajstić information content (AvgIpc) is 3.08. The number of hydrogen-bond donors (Lipinski definition) is 2. The number of hydrogen-bond acceptors (Lipinski definition) is 4. The molecule has 0 aliphatic carbocycles. The normalized spacial score (nSPS) is 11.1. The van der Waals surface area contributed by atoms with Crippen LogP contribution in [0.5, 0.6) is 11.5 Å². The highest BCUT2D eigenvalue weighted by atomic mass is 127. The Bertz CT molecular complexity index is 875. The van der Waals surface area contributed by atoms with Gasteiger partial charge in [-0.05, 0) is 29.8 Å². The van der Waals surface area contributed by atoms with Gasteiger partial charge in [0, 0.05) is 18.4 Å². The number of benzene rings is 2. The molecule has 3 aromatic rings. The molecule has 0 saturated carbocycles. The fourth-order valence-corrected chi connectivity index (χ4v) is 2.69. The molecule has 0 amide bonds.